The molecule has 0 bridgehead atoms. The molecule has 10 nitrogen and oxygen atoms in total. The highest BCUT2D eigenvalue weighted by Gasteiger charge is 2.30. The number of nitrogens with one attached hydrogen (secondary N) is 3. The van der Waals surface area contributed by atoms with Crippen molar-refractivity contribution >= 4 is 53.3 Å². The Balaban J connectivity index is 1.58. The number of sulfonamides is 2. The highest BCUT2D eigenvalue weighted by molar-refractivity contribution is 7.92. The van der Waals surface area contributed by atoms with Gasteiger partial charge in [0.25, 0.3) is 21.5 Å². The van der Waals surface area contributed by atoms with Crippen LogP contribution >= 0.6 is 0 Å². The van der Waals surface area contributed by atoms with Crippen molar-refractivity contribution in [2.75, 3.05) is 11.0 Å². The number of halogens is 2. The zero-order valence-corrected chi connectivity index (χ0v) is 25.5. The second-order valence-electron chi connectivity index (χ2n) is 10.5. The fourth-order valence-corrected chi connectivity index (χ4v) is 6.89. The fraction of sp³-hybridized carbons (Fsp3) is 0.0625. The van der Waals surface area contributed by atoms with Crippen LogP contribution in [-0.4, -0.2) is 38.5 Å². The van der Waals surface area contributed by atoms with Crippen molar-refractivity contribution in [3.05, 3.63) is 130 Å². The Kier molecular flexibility index (Phi) is 7.70. The Morgan fingerprint density at radius 3 is 2.33 bits per heavy atom. The third kappa shape index (κ3) is 5.87. The van der Waals surface area contributed by atoms with Crippen LogP contribution in [-0.2, 0) is 26.6 Å². The Hall–Kier alpha value is -5.34. The number of hydrogen-bond acceptors (Lipinski definition) is 6. The molecule has 0 saturated heterocycles. The van der Waals surface area contributed by atoms with Gasteiger partial charge in [0.2, 0.25) is 10.0 Å². The summed E-state index contributed by atoms with van der Waals surface area (Å²) in [5.41, 5.74) is -0.159. The van der Waals surface area contributed by atoms with Crippen molar-refractivity contribution in [2.45, 2.75) is 11.4 Å². The Morgan fingerprint density at radius 2 is 1.63 bits per heavy atom. The van der Waals surface area contributed by atoms with Gasteiger partial charge in [0, 0.05) is 40.0 Å². The van der Waals surface area contributed by atoms with Crippen LogP contribution in [0.1, 0.15) is 16.1 Å². The van der Waals surface area contributed by atoms with E-state index in [9.17, 15) is 35.2 Å². The number of rotatable bonds is 8. The predicted octanol–water partition coefficient (Wildman–Crippen LogP) is 4.97. The van der Waals surface area contributed by atoms with Gasteiger partial charge in [-0.25, -0.2) is 30.3 Å². The van der Waals surface area contributed by atoms with Crippen LogP contribution < -0.4 is 15.0 Å². The molecule has 0 aliphatic heterocycles. The lowest BCUT2D eigenvalue weighted by Gasteiger charge is -2.14. The standard InChI is InChI=1S/C32H24F2N4O6S2/c1-45(41,42)36-22-11-13-23(14-12-22)46(43,44)37-32(40)30-29(25-7-4-16-35-31(25)39)28-24-6-3-2-5-19(24)9-15-27(28)38(30)18-20-8-10-21(33)17-26(20)34/h2-17,36H,18H2,1H3,(H,35,39)(H,37,40). The van der Waals surface area contributed by atoms with Gasteiger partial charge >= 0.3 is 0 Å². The Morgan fingerprint density at radius 1 is 0.891 bits per heavy atom. The topological polar surface area (TPSA) is 147 Å². The summed E-state index contributed by atoms with van der Waals surface area (Å²) in [5, 5.41) is 1.84. The van der Waals surface area contributed by atoms with Crippen LogP contribution in [0.15, 0.2) is 107 Å². The van der Waals surface area contributed by atoms with Crippen molar-refractivity contribution in [3.8, 4) is 11.1 Å². The lowest BCUT2D eigenvalue weighted by Crippen LogP contribution is -2.33. The summed E-state index contributed by atoms with van der Waals surface area (Å²) in [4.78, 5) is 29.6. The molecule has 0 atom stereocenters. The van der Waals surface area contributed by atoms with E-state index in [4.69, 9.17) is 0 Å². The zero-order chi connectivity index (χ0) is 32.8. The van der Waals surface area contributed by atoms with Gasteiger partial charge in [-0.3, -0.25) is 14.3 Å². The van der Waals surface area contributed by atoms with Gasteiger partial charge in [0.1, 0.15) is 17.3 Å². The Labute approximate surface area is 261 Å². The number of carbonyl (C=O) groups is 1. The number of aromatic amines is 1. The quantitative estimate of drug-likeness (QED) is 0.210. The normalized spacial score (nSPS) is 12.0. The van der Waals surface area contributed by atoms with Gasteiger partial charge < -0.3 is 9.55 Å². The van der Waals surface area contributed by atoms with Crippen molar-refractivity contribution in [3.63, 3.8) is 0 Å². The van der Waals surface area contributed by atoms with E-state index >= 15 is 0 Å². The molecule has 0 aliphatic rings. The van der Waals surface area contributed by atoms with Gasteiger partial charge in [0.15, 0.2) is 0 Å². The molecule has 6 aromatic rings. The highest BCUT2D eigenvalue weighted by Crippen LogP contribution is 2.39. The summed E-state index contributed by atoms with van der Waals surface area (Å²) in [6.45, 7) is -0.319. The highest BCUT2D eigenvalue weighted by atomic mass is 32.2. The summed E-state index contributed by atoms with van der Waals surface area (Å²) in [6, 6.07) is 21.3. The minimum absolute atomic E-state index is 0.00542. The minimum Gasteiger partial charge on any atom is -0.331 e. The number of hydrogen-bond donors (Lipinski definition) is 3. The van der Waals surface area contributed by atoms with E-state index in [1.807, 2.05) is 12.1 Å². The molecule has 0 saturated carbocycles. The van der Waals surface area contributed by atoms with E-state index < -0.39 is 43.1 Å². The summed E-state index contributed by atoms with van der Waals surface area (Å²) in [6.07, 6.45) is 2.34. The number of nitrogens with zero attached hydrogens (tertiary/aromatic N) is 1. The lowest BCUT2D eigenvalue weighted by molar-refractivity contribution is 0.0974. The average Bonchev–Trinajstić information content (AvgIpc) is 3.32. The predicted molar refractivity (Wildman–Crippen MR) is 171 cm³/mol. The molecule has 0 unspecified atom stereocenters. The molecule has 3 N–H and O–H groups in total. The first-order valence-corrected chi connectivity index (χ1v) is 17.0. The molecule has 0 radical (unpaired) electrons. The van der Waals surface area contributed by atoms with E-state index in [0.717, 1.165) is 29.8 Å². The van der Waals surface area contributed by atoms with Crippen LogP contribution in [0.2, 0.25) is 0 Å². The molecule has 1 amide bonds. The molecular formula is C32H24F2N4O6S2. The first-order valence-electron chi connectivity index (χ1n) is 13.6. The van der Waals surface area contributed by atoms with Crippen molar-refractivity contribution in [2.24, 2.45) is 0 Å². The molecular weight excluding hydrogens is 639 g/mol. The van der Waals surface area contributed by atoms with Crippen LogP contribution in [0, 0.1) is 11.6 Å². The van der Waals surface area contributed by atoms with E-state index in [0.29, 0.717) is 22.4 Å². The van der Waals surface area contributed by atoms with Crippen molar-refractivity contribution < 1.29 is 30.4 Å². The molecule has 14 heteroatoms. The zero-order valence-electron chi connectivity index (χ0n) is 23.9. The smallest absolute Gasteiger partial charge is 0.282 e. The summed E-state index contributed by atoms with van der Waals surface area (Å²) < 4.78 is 84.5. The molecule has 6 rings (SSSR count). The van der Waals surface area contributed by atoms with Gasteiger partial charge in [-0.05, 0) is 59.3 Å². The second-order valence-corrected chi connectivity index (χ2v) is 13.9. The van der Waals surface area contributed by atoms with Crippen LogP contribution in [0.3, 0.4) is 0 Å². The fourth-order valence-electron chi connectivity index (χ4n) is 5.37. The molecule has 46 heavy (non-hydrogen) atoms. The maximum atomic E-state index is 15.0. The maximum absolute atomic E-state index is 15.0. The van der Waals surface area contributed by atoms with E-state index in [2.05, 4.69) is 14.4 Å². The van der Waals surface area contributed by atoms with Crippen molar-refractivity contribution in [1.82, 2.24) is 14.3 Å². The molecule has 2 aromatic heterocycles. The maximum Gasteiger partial charge on any atom is 0.282 e. The van der Waals surface area contributed by atoms with E-state index in [1.165, 1.54) is 35.0 Å². The monoisotopic (exact) mass is 662 g/mol. The SMILES string of the molecule is CS(=O)(=O)Nc1ccc(S(=O)(=O)NC(=O)c2c(-c3ccc[nH]c3=O)c3c4ccccc4ccc3n2Cc2ccc(F)cc2F)cc1. The number of aromatic nitrogens is 2. The molecule has 4 aromatic carbocycles. The van der Waals surface area contributed by atoms with Gasteiger partial charge in [-0.2, -0.15) is 0 Å². The minimum atomic E-state index is -4.56. The van der Waals surface area contributed by atoms with Gasteiger partial charge in [-0.15, -0.1) is 0 Å². The summed E-state index contributed by atoms with van der Waals surface area (Å²) >= 11 is 0. The van der Waals surface area contributed by atoms with Crippen molar-refractivity contribution in [1.29, 1.82) is 0 Å². The number of benzene rings is 4. The number of amides is 1. The van der Waals surface area contributed by atoms with Crippen LogP contribution in [0.4, 0.5) is 14.5 Å². The molecule has 2 heterocycles. The first kappa shape index (κ1) is 30.7. The lowest BCUT2D eigenvalue weighted by atomic mass is 9.98. The van der Waals surface area contributed by atoms with Crippen LogP contribution in [0.5, 0.6) is 0 Å². The number of carbonyl (C=O) groups excluding carboxylic acids is 1. The van der Waals surface area contributed by atoms with Gasteiger partial charge in [-0.1, -0.05) is 36.4 Å². The average molecular weight is 663 g/mol. The number of H-pyrrole nitrogens is 1. The summed E-state index contributed by atoms with van der Waals surface area (Å²) in [7, 11) is -8.19. The molecule has 234 valence electrons. The third-order valence-electron chi connectivity index (χ3n) is 7.30. The van der Waals surface area contributed by atoms with E-state index in [1.54, 1.807) is 30.3 Å². The first-order chi connectivity index (χ1) is 21.8. The molecule has 0 spiro atoms. The summed E-state index contributed by atoms with van der Waals surface area (Å²) in [5.74, 6) is -2.81. The largest absolute Gasteiger partial charge is 0.331 e. The second kappa shape index (κ2) is 11.5. The molecule has 0 fully saturated rings. The number of pyridine rings is 1. The van der Waals surface area contributed by atoms with Gasteiger partial charge in [0.05, 0.1) is 23.2 Å². The molecule has 0 aliphatic carbocycles. The van der Waals surface area contributed by atoms with Crippen LogP contribution in [0.25, 0.3) is 32.8 Å². The Bertz CT molecular complexity index is 2460. The van der Waals surface area contributed by atoms with E-state index in [-0.39, 0.29) is 39.5 Å². The third-order valence-corrected chi connectivity index (χ3v) is 9.25. The number of fused-ring (bicyclic) bond motifs is 3. The number of anilines is 1.